The molecule has 3 rings (SSSR count). The molecule has 0 fully saturated rings. The lowest BCUT2D eigenvalue weighted by Crippen LogP contribution is -2.20. The van der Waals surface area contributed by atoms with Crippen LogP contribution in [0.5, 0.6) is 0 Å². The molecule has 1 heterocycles. The van der Waals surface area contributed by atoms with E-state index < -0.39 is 10.8 Å². The largest absolute Gasteiger partial charge is 0.441 e. The van der Waals surface area contributed by atoms with Gasteiger partial charge in [0.1, 0.15) is 11.5 Å². The fourth-order valence-electron chi connectivity index (χ4n) is 2.65. The first-order valence-corrected chi connectivity index (χ1v) is 11.0. The molecule has 1 atom stereocenters. The van der Waals surface area contributed by atoms with Crippen molar-refractivity contribution < 1.29 is 13.4 Å². The minimum Gasteiger partial charge on any atom is -0.441 e. The molecule has 7 heteroatoms. The molecule has 1 N–H and O–H groups in total. The van der Waals surface area contributed by atoms with Crippen LogP contribution in [0.4, 0.5) is 5.69 Å². The number of oxazole rings is 1. The number of rotatable bonds is 6. The second kappa shape index (κ2) is 8.84. The number of carbonyl (C=O) groups excluding carboxylic acids is 1. The molecular formula is C21H21BrN2O3S. The van der Waals surface area contributed by atoms with Gasteiger partial charge < -0.3 is 9.73 Å². The number of hydrogen-bond acceptors (Lipinski definition) is 4. The number of amides is 1. The van der Waals surface area contributed by atoms with E-state index in [1.165, 1.54) is 0 Å². The zero-order chi connectivity index (χ0) is 20.3. The van der Waals surface area contributed by atoms with Crippen LogP contribution < -0.4 is 5.32 Å². The van der Waals surface area contributed by atoms with Crippen molar-refractivity contribution in [1.29, 1.82) is 0 Å². The van der Waals surface area contributed by atoms with Crippen molar-refractivity contribution in [1.82, 2.24) is 4.98 Å². The topological polar surface area (TPSA) is 72.2 Å². The number of nitrogens with one attached hydrogen (secondary N) is 1. The molecule has 0 aliphatic heterocycles. The average molecular weight is 461 g/mol. The monoisotopic (exact) mass is 460 g/mol. The third kappa shape index (κ3) is 5.17. The maximum Gasteiger partial charge on any atom is 0.237 e. The quantitative estimate of drug-likeness (QED) is 0.566. The summed E-state index contributed by atoms with van der Waals surface area (Å²) in [5, 5.41) is 2.78. The maximum atomic E-state index is 12.4. The van der Waals surface area contributed by atoms with Gasteiger partial charge in [-0.3, -0.25) is 9.00 Å². The van der Waals surface area contributed by atoms with Crippen molar-refractivity contribution in [3.63, 3.8) is 0 Å². The predicted octanol–water partition coefficient (Wildman–Crippen LogP) is 4.92. The smallest absolute Gasteiger partial charge is 0.237 e. The van der Waals surface area contributed by atoms with Gasteiger partial charge in [0.15, 0.2) is 0 Å². The van der Waals surface area contributed by atoms with Crippen molar-refractivity contribution in [2.24, 2.45) is 0 Å². The Kier molecular flexibility index (Phi) is 6.46. The van der Waals surface area contributed by atoms with Crippen LogP contribution >= 0.6 is 15.9 Å². The molecule has 1 unspecified atom stereocenters. The van der Waals surface area contributed by atoms with Gasteiger partial charge in [-0.25, -0.2) is 4.98 Å². The second-order valence-electron chi connectivity index (χ2n) is 6.63. The number of carbonyl (C=O) groups is 1. The lowest BCUT2D eigenvalue weighted by atomic mass is 10.1. The molecule has 2 aromatic carbocycles. The van der Waals surface area contributed by atoms with Crippen LogP contribution in [0.25, 0.3) is 11.5 Å². The molecule has 1 amide bonds. The Balaban J connectivity index is 1.62. The van der Waals surface area contributed by atoms with Gasteiger partial charge in [0.2, 0.25) is 11.8 Å². The Morgan fingerprint density at radius 2 is 1.86 bits per heavy atom. The van der Waals surface area contributed by atoms with Crippen LogP contribution in [0, 0.1) is 20.8 Å². The highest BCUT2D eigenvalue weighted by Gasteiger charge is 2.16. The van der Waals surface area contributed by atoms with Crippen LogP contribution in [0.15, 0.2) is 51.4 Å². The lowest BCUT2D eigenvalue weighted by molar-refractivity contribution is -0.113. The number of anilines is 1. The molecule has 3 aromatic rings. The van der Waals surface area contributed by atoms with E-state index in [1.807, 2.05) is 50.2 Å². The Morgan fingerprint density at radius 3 is 2.54 bits per heavy atom. The average Bonchev–Trinajstić information content (AvgIpc) is 2.99. The number of aryl methyl sites for hydroxylation is 3. The lowest BCUT2D eigenvalue weighted by Gasteiger charge is -2.07. The Labute approximate surface area is 175 Å². The van der Waals surface area contributed by atoms with Gasteiger partial charge in [-0.15, -0.1) is 0 Å². The molecule has 0 radical (unpaired) electrons. The van der Waals surface area contributed by atoms with Crippen LogP contribution in [0.3, 0.4) is 0 Å². The fraction of sp³-hybridized carbons (Fsp3) is 0.238. The van der Waals surface area contributed by atoms with Gasteiger partial charge in [-0.1, -0.05) is 33.6 Å². The van der Waals surface area contributed by atoms with E-state index in [9.17, 15) is 9.00 Å². The highest BCUT2D eigenvalue weighted by atomic mass is 79.9. The van der Waals surface area contributed by atoms with Crippen molar-refractivity contribution in [2.45, 2.75) is 26.5 Å². The Morgan fingerprint density at radius 1 is 1.14 bits per heavy atom. The SMILES string of the molecule is Cc1ccc(-c2nc(CS(=O)CC(=O)Nc3ccc(Br)c(C)c3)c(C)o2)cc1. The molecule has 5 nitrogen and oxygen atoms in total. The van der Waals surface area contributed by atoms with E-state index in [0.717, 1.165) is 21.2 Å². The van der Waals surface area contributed by atoms with E-state index in [-0.39, 0.29) is 17.4 Å². The minimum absolute atomic E-state index is 0.0960. The highest BCUT2D eigenvalue weighted by Crippen LogP contribution is 2.23. The summed E-state index contributed by atoms with van der Waals surface area (Å²) in [6, 6.07) is 13.4. The van der Waals surface area contributed by atoms with Crippen molar-refractivity contribution >= 4 is 38.3 Å². The van der Waals surface area contributed by atoms with Gasteiger partial charge in [-0.2, -0.15) is 0 Å². The second-order valence-corrected chi connectivity index (χ2v) is 8.94. The molecule has 0 aliphatic carbocycles. The van der Waals surface area contributed by atoms with Gasteiger partial charge in [0.05, 0.1) is 11.4 Å². The van der Waals surface area contributed by atoms with Crippen LogP contribution in [0.2, 0.25) is 0 Å². The third-order valence-electron chi connectivity index (χ3n) is 4.22. The maximum absolute atomic E-state index is 12.4. The normalized spacial score (nSPS) is 12.0. The number of halogens is 1. The zero-order valence-electron chi connectivity index (χ0n) is 15.9. The van der Waals surface area contributed by atoms with E-state index in [0.29, 0.717) is 23.0 Å². The van der Waals surface area contributed by atoms with Gasteiger partial charge >= 0.3 is 0 Å². The molecule has 28 heavy (non-hydrogen) atoms. The summed E-state index contributed by atoms with van der Waals surface area (Å²) in [5.74, 6) is 0.905. The van der Waals surface area contributed by atoms with Crippen molar-refractivity contribution in [3.8, 4) is 11.5 Å². The summed E-state index contributed by atoms with van der Waals surface area (Å²) < 4.78 is 19.1. The van der Waals surface area contributed by atoms with Crippen LogP contribution in [0.1, 0.15) is 22.6 Å². The number of aromatic nitrogens is 1. The van der Waals surface area contributed by atoms with Gasteiger partial charge in [-0.05, 0) is 56.7 Å². The van der Waals surface area contributed by atoms with E-state index in [4.69, 9.17) is 4.42 Å². The molecule has 0 aliphatic rings. The van der Waals surface area contributed by atoms with Gasteiger partial charge in [0.25, 0.3) is 0 Å². The van der Waals surface area contributed by atoms with Crippen molar-refractivity contribution in [3.05, 3.63) is 69.5 Å². The number of nitrogens with zero attached hydrogens (tertiary/aromatic N) is 1. The summed E-state index contributed by atoms with van der Waals surface area (Å²) >= 11 is 3.42. The van der Waals surface area contributed by atoms with Crippen LogP contribution in [-0.4, -0.2) is 20.9 Å². The van der Waals surface area contributed by atoms with Crippen molar-refractivity contribution in [2.75, 3.05) is 11.1 Å². The molecule has 146 valence electrons. The van der Waals surface area contributed by atoms with Crippen LogP contribution in [-0.2, 0) is 21.3 Å². The third-order valence-corrected chi connectivity index (χ3v) is 6.29. The minimum atomic E-state index is -1.39. The molecule has 0 bridgehead atoms. The standard InChI is InChI=1S/C21H21BrN2O3S/c1-13-4-6-16(7-5-13)21-24-19(15(3)27-21)11-28(26)12-20(25)23-17-8-9-18(22)14(2)10-17/h4-10H,11-12H2,1-3H3,(H,23,25). The van der Waals surface area contributed by atoms with E-state index in [2.05, 4.69) is 26.2 Å². The first-order valence-electron chi connectivity index (χ1n) is 8.76. The molecular weight excluding hydrogens is 440 g/mol. The molecule has 0 saturated carbocycles. The summed E-state index contributed by atoms with van der Waals surface area (Å²) in [6.45, 7) is 5.75. The molecule has 0 saturated heterocycles. The molecule has 0 spiro atoms. The first kappa shape index (κ1) is 20.5. The zero-order valence-corrected chi connectivity index (χ0v) is 18.3. The number of benzene rings is 2. The molecule has 1 aromatic heterocycles. The van der Waals surface area contributed by atoms with Gasteiger partial charge in [0, 0.05) is 26.5 Å². The fourth-order valence-corrected chi connectivity index (χ4v) is 3.94. The summed E-state index contributed by atoms with van der Waals surface area (Å²) in [5.41, 5.74) is 4.33. The highest BCUT2D eigenvalue weighted by molar-refractivity contribution is 9.10. The number of hydrogen-bond donors (Lipinski definition) is 1. The summed E-state index contributed by atoms with van der Waals surface area (Å²) in [7, 11) is -1.39. The van der Waals surface area contributed by atoms with E-state index in [1.54, 1.807) is 13.0 Å². The Bertz CT molecular complexity index is 1030. The first-order chi connectivity index (χ1) is 13.3. The van der Waals surface area contributed by atoms with E-state index >= 15 is 0 Å². The summed E-state index contributed by atoms with van der Waals surface area (Å²) in [6.07, 6.45) is 0. The predicted molar refractivity (Wildman–Crippen MR) is 116 cm³/mol. The summed E-state index contributed by atoms with van der Waals surface area (Å²) in [4.78, 5) is 16.7. The Hall–Kier alpha value is -2.25.